The van der Waals surface area contributed by atoms with Crippen molar-refractivity contribution in [3.8, 4) is 0 Å². The van der Waals surface area contributed by atoms with Crippen LogP contribution in [0.2, 0.25) is 5.15 Å². The lowest BCUT2D eigenvalue weighted by Gasteiger charge is -2.36. The minimum absolute atomic E-state index is 0.00884. The number of nitrogens with two attached hydrogens (primary N) is 3. The van der Waals surface area contributed by atoms with Crippen LogP contribution in [-0.4, -0.2) is 41.5 Å². The van der Waals surface area contributed by atoms with Gasteiger partial charge < -0.3 is 22.5 Å². The van der Waals surface area contributed by atoms with Crippen molar-refractivity contribution in [2.24, 2.45) is 16.1 Å². The number of carbonyl (C=O) groups is 1. The van der Waals surface area contributed by atoms with Crippen LogP contribution in [0.15, 0.2) is 41.4 Å². The standard InChI is InChI=1S/C21H31ClN8O/c1-3-5-6-14(4-2)7-8-21(9-11-26-12-10-21)13-27-20(25)30-19(31)15-17(23)29-18(24)16(22)28-15/h3-6,26H,2,7-13H2,1H3,(H4,23,24,29)(H3,25,27,30,31)/b5-3-,14-6+. The second-order valence-electron chi connectivity index (χ2n) is 7.51. The first kappa shape index (κ1) is 24.4. The van der Waals surface area contributed by atoms with E-state index in [1.807, 2.05) is 25.2 Å². The second kappa shape index (κ2) is 11.5. The van der Waals surface area contributed by atoms with Crippen molar-refractivity contribution >= 4 is 35.1 Å². The molecule has 1 saturated heterocycles. The predicted molar refractivity (Wildman–Crippen MR) is 127 cm³/mol. The Bertz CT molecular complexity index is 888. The van der Waals surface area contributed by atoms with Crippen molar-refractivity contribution in [2.45, 2.75) is 32.6 Å². The molecule has 0 radical (unpaired) electrons. The van der Waals surface area contributed by atoms with Crippen LogP contribution in [0, 0.1) is 5.41 Å². The minimum atomic E-state index is -0.643. The van der Waals surface area contributed by atoms with E-state index in [2.05, 4.69) is 38.2 Å². The topological polar surface area (TPSA) is 157 Å². The average Bonchev–Trinajstić information content (AvgIpc) is 2.75. The van der Waals surface area contributed by atoms with E-state index in [1.165, 1.54) is 5.57 Å². The van der Waals surface area contributed by atoms with Gasteiger partial charge in [-0.3, -0.25) is 15.1 Å². The highest BCUT2D eigenvalue weighted by molar-refractivity contribution is 6.31. The van der Waals surface area contributed by atoms with Crippen molar-refractivity contribution in [1.82, 2.24) is 20.6 Å². The normalized spacial score (nSPS) is 17.0. The van der Waals surface area contributed by atoms with Crippen LogP contribution in [0.3, 0.4) is 0 Å². The molecule has 9 nitrogen and oxygen atoms in total. The van der Waals surface area contributed by atoms with E-state index in [4.69, 9.17) is 28.8 Å². The number of amides is 1. The van der Waals surface area contributed by atoms with Crippen molar-refractivity contribution in [3.63, 3.8) is 0 Å². The average molecular weight is 447 g/mol. The molecule has 0 bridgehead atoms. The van der Waals surface area contributed by atoms with Crippen molar-refractivity contribution < 1.29 is 4.79 Å². The van der Waals surface area contributed by atoms with Gasteiger partial charge in [-0.15, -0.1) is 0 Å². The Morgan fingerprint density at radius 2 is 2.03 bits per heavy atom. The summed E-state index contributed by atoms with van der Waals surface area (Å²) in [5.74, 6) is -0.833. The van der Waals surface area contributed by atoms with Gasteiger partial charge in [0.1, 0.15) is 0 Å². The molecule has 2 rings (SSSR count). The summed E-state index contributed by atoms with van der Waals surface area (Å²) in [5, 5.41) is 5.78. The van der Waals surface area contributed by atoms with Crippen LogP contribution in [0.1, 0.15) is 43.1 Å². The fourth-order valence-electron chi connectivity index (χ4n) is 3.40. The third-order valence-corrected chi connectivity index (χ3v) is 5.60. The van der Waals surface area contributed by atoms with E-state index in [0.717, 1.165) is 38.8 Å². The van der Waals surface area contributed by atoms with Gasteiger partial charge in [-0.05, 0) is 56.7 Å². The molecule has 10 heteroatoms. The fraction of sp³-hybridized carbons (Fsp3) is 0.429. The Morgan fingerprint density at radius 1 is 1.32 bits per heavy atom. The Hall–Kier alpha value is -2.91. The Labute approximate surface area is 187 Å². The molecular formula is C21H31ClN8O. The summed E-state index contributed by atoms with van der Waals surface area (Å²) >= 11 is 5.83. The van der Waals surface area contributed by atoms with Gasteiger partial charge in [0.2, 0.25) is 0 Å². The fourth-order valence-corrected chi connectivity index (χ4v) is 3.53. The lowest BCUT2D eigenvalue weighted by Crippen LogP contribution is -2.41. The maximum absolute atomic E-state index is 12.4. The first-order valence-electron chi connectivity index (χ1n) is 10.1. The highest BCUT2D eigenvalue weighted by Gasteiger charge is 2.31. The molecule has 31 heavy (non-hydrogen) atoms. The van der Waals surface area contributed by atoms with E-state index in [0.29, 0.717) is 6.54 Å². The van der Waals surface area contributed by atoms with Gasteiger partial charge >= 0.3 is 0 Å². The number of nitrogens with one attached hydrogen (secondary N) is 2. The first-order valence-corrected chi connectivity index (χ1v) is 10.5. The first-order chi connectivity index (χ1) is 14.8. The molecule has 0 aromatic carbocycles. The summed E-state index contributed by atoms with van der Waals surface area (Å²) in [7, 11) is 0. The zero-order valence-corrected chi connectivity index (χ0v) is 18.6. The van der Waals surface area contributed by atoms with E-state index in [-0.39, 0.29) is 33.9 Å². The van der Waals surface area contributed by atoms with E-state index >= 15 is 0 Å². The van der Waals surface area contributed by atoms with E-state index < -0.39 is 5.91 Å². The molecule has 0 unspecified atom stereocenters. The summed E-state index contributed by atoms with van der Waals surface area (Å²) in [4.78, 5) is 24.6. The van der Waals surface area contributed by atoms with Gasteiger partial charge in [0.05, 0.1) is 0 Å². The van der Waals surface area contributed by atoms with Crippen molar-refractivity contribution in [3.05, 3.63) is 47.3 Å². The lowest BCUT2D eigenvalue weighted by atomic mass is 9.74. The number of nitrogen functional groups attached to an aromatic ring is 2. The molecule has 1 aromatic rings. The maximum Gasteiger partial charge on any atom is 0.280 e. The number of aromatic nitrogens is 2. The largest absolute Gasteiger partial charge is 0.382 e. The molecule has 1 aromatic heterocycles. The SMILES string of the molecule is C=C/C(=C\C=C/C)CCC1(CN=C(N)NC(=O)c2nc(Cl)c(N)nc2N)CCNCC1. The molecule has 2 heterocycles. The highest BCUT2D eigenvalue weighted by Crippen LogP contribution is 2.35. The smallest absolute Gasteiger partial charge is 0.280 e. The number of carbonyl (C=O) groups excluding carboxylic acids is 1. The third-order valence-electron chi connectivity index (χ3n) is 5.32. The molecule has 168 valence electrons. The summed E-state index contributed by atoms with van der Waals surface area (Å²) < 4.78 is 0. The lowest BCUT2D eigenvalue weighted by molar-refractivity contribution is 0.0972. The predicted octanol–water partition coefficient (Wildman–Crippen LogP) is 2.18. The third kappa shape index (κ3) is 7.08. The Kier molecular flexibility index (Phi) is 9.02. The number of piperidine rings is 1. The van der Waals surface area contributed by atoms with Crippen LogP contribution >= 0.6 is 11.6 Å². The monoisotopic (exact) mass is 446 g/mol. The zero-order chi connectivity index (χ0) is 22.9. The molecule has 8 N–H and O–H groups in total. The summed E-state index contributed by atoms with van der Waals surface area (Å²) in [5.41, 5.74) is 18.2. The van der Waals surface area contributed by atoms with Crippen LogP contribution in [0.25, 0.3) is 0 Å². The van der Waals surface area contributed by atoms with E-state index in [9.17, 15) is 4.79 Å². The Balaban J connectivity index is 2.08. The Morgan fingerprint density at radius 3 is 2.68 bits per heavy atom. The number of anilines is 2. The molecule has 1 amide bonds. The second-order valence-corrected chi connectivity index (χ2v) is 7.87. The molecule has 1 aliphatic rings. The number of hydrogen-bond acceptors (Lipinski definition) is 7. The number of rotatable bonds is 8. The van der Waals surface area contributed by atoms with Gasteiger partial charge in [0.25, 0.3) is 5.91 Å². The molecular weight excluding hydrogens is 416 g/mol. The number of halogens is 1. The number of guanidine groups is 1. The van der Waals surface area contributed by atoms with Gasteiger partial charge in [-0.2, -0.15) is 0 Å². The minimum Gasteiger partial charge on any atom is -0.382 e. The number of aliphatic imine (C=N–C) groups is 1. The molecule has 0 spiro atoms. The van der Waals surface area contributed by atoms with Crippen LogP contribution in [0.5, 0.6) is 0 Å². The van der Waals surface area contributed by atoms with Crippen molar-refractivity contribution in [1.29, 1.82) is 0 Å². The molecule has 0 atom stereocenters. The molecule has 0 saturated carbocycles. The van der Waals surface area contributed by atoms with Crippen LogP contribution in [0.4, 0.5) is 11.6 Å². The van der Waals surface area contributed by atoms with Crippen LogP contribution < -0.4 is 27.8 Å². The summed E-state index contributed by atoms with van der Waals surface area (Å²) in [6, 6.07) is 0. The van der Waals surface area contributed by atoms with Gasteiger partial charge in [-0.25, -0.2) is 9.97 Å². The van der Waals surface area contributed by atoms with E-state index in [1.54, 1.807) is 0 Å². The number of hydrogen-bond donors (Lipinski definition) is 5. The maximum atomic E-state index is 12.4. The number of nitrogens with zero attached hydrogens (tertiary/aromatic N) is 3. The van der Waals surface area contributed by atoms with Gasteiger partial charge in [-0.1, -0.05) is 42.5 Å². The highest BCUT2D eigenvalue weighted by atomic mass is 35.5. The molecule has 0 aliphatic carbocycles. The molecule has 1 fully saturated rings. The zero-order valence-electron chi connectivity index (χ0n) is 17.8. The van der Waals surface area contributed by atoms with Gasteiger partial charge in [0, 0.05) is 6.54 Å². The molecule has 1 aliphatic heterocycles. The quantitative estimate of drug-likeness (QED) is 0.232. The van der Waals surface area contributed by atoms with Crippen molar-refractivity contribution in [2.75, 3.05) is 31.1 Å². The summed E-state index contributed by atoms with van der Waals surface area (Å²) in [6.07, 6.45) is 11.7. The summed E-state index contributed by atoms with van der Waals surface area (Å²) in [6.45, 7) is 8.22. The number of allylic oxidation sites excluding steroid dienone is 5. The van der Waals surface area contributed by atoms with Gasteiger partial charge in [0.15, 0.2) is 28.4 Å². The van der Waals surface area contributed by atoms with Crippen LogP contribution in [-0.2, 0) is 0 Å².